The van der Waals surface area contributed by atoms with Gasteiger partial charge in [0.05, 0.1) is 21.9 Å². The van der Waals surface area contributed by atoms with Gasteiger partial charge >= 0.3 is 5.97 Å². The molecule has 0 fully saturated rings. The fourth-order valence-electron chi connectivity index (χ4n) is 2.17. The van der Waals surface area contributed by atoms with E-state index in [2.05, 4.69) is 36.4 Å². The lowest BCUT2D eigenvalue weighted by Crippen LogP contribution is -2.25. The second-order valence-corrected chi connectivity index (χ2v) is 7.20. The highest BCUT2D eigenvalue weighted by molar-refractivity contribution is 9.10. The van der Waals surface area contributed by atoms with E-state index in [1.807, 2.05) is 0 Å². The van der Waals surface area contributed by atoms with Gasteiger partial charge in [-0.05, 0) is 42.8 Å². The molecule has 0 radical (unpaired) electrons. The number of hydrogen-bond donors (Lipinski definition) is 2. The molecule has 9 heteroatoms. The van der Waals surface area contributed by atoms with Crippen molar-refractivity contribution in [2.24, 2.45) is 0 Å². The molecule has 8 nitrogen and oxygen atoms in total. The third-order valence-corrected chi connectivity index (χ3v) is 3.78. The molecule has 0 unspecified atom stereocenters. The summed E-state index contributed by atoms with van der Waals surface area (Å²) in [5, 5.41) is 9.04. The number of nitrogens with zero attached hydrogens (tertiary/aromatic N) is 3. The van der Waals surface area contributed by atoms with Gasteiger partial charge in [-0.1, -0.05) is 0 Å². The standard InChI is InChI=1S/C16H16BrN5O3/c1-16(2,3)25-15(24)12-11(7-19-21-12)20-14(23)9-6-10(17)13-18-4-5-22(13)8-9/h4-8H,1-3H3,(H,19,21)(H,20,23). The maximum atomic E-state index is 12.5. The van der Waals surface area contributed by atoms with Crippen LogP contribution in [0, 0.1) is 0 Å². The van der Waals surface area contributed by atoms with Crippen LogP contribution in [-0.2, 0) is 4.74 Å². The number of carbonyl (C=O) groups is 2. The molecule has 3 aromatic rings. The van der Waals surface area contributed by atoms with Gasteiger partial charge in [-0.3, -0.25) is 9.89 Å². The molecule has 3 heterocycles. The summed E-state index contributed by atoms with van der Waals surface area (Å²) in [6, 6.07) is 1.66. The summed E-state index contributed by atoms with van der Waals surface area (Å²) in [5.41, 5.74) is 0.788. The first-order valence-corrected chi connectivity index (χ1v) is 8.24. The number of halogens is 1. The molecule has 0 aliphatic heterocycles. The van der Waals surface area contributed by atoms with Crippen molar-refractivity contribution in [3.05, 3.63) is 46.6 Å². The van der Waals surface area contributed by atoms with E-state index in [9.17, 15) is 9.59 Å². The van der Waals surface area contributed by atoms with Gasteiger partial charge in [-0.25, -0.2) is 9.78 Å². The summed E-state index contributed by atoms with van der Waals surface area (Å²) < 4.78 is 7.71. The summed E-state index contributed by atoms with van der Waals surface area (Å²) in [5.74, 6) is -0.978. The Morgan fingerprint density at radius 3 is 2.84 bits per heavy atom. The van der Waals surface area contributed by atoms with Gasteiger partial charge in [-0.15, -0.1) is 0 Å². The number of H-pyrrole nitrogens is 1. The predicted octanol–water partition coefficient (Wildman–Crippen LogP) is 3.03. The van der Waals surface area contributed by atoms with Gasteiger partial charge in [0.1, 0.15) is 5.60 Å². The number of aromatic nitrogens is 4. The minimum atomic E-state index is -0.652. The molecule has 1 amide bonds. The molecule has 0 atom stereocenters. The van der Waals surface area contributed by atoms with E-state index in [4.69, 9.17) is 4.74 Å². The van der Waals surface area contributed by atoms with Crippen LogP contribution < -0.4 is 5.32 Å². The third kappa shape index (κ3) is 3.71. The average Bonchev–Trinajstić information content (AvgIpc) is 3.14. The molecular formula is C16H16BrN5O3. The summed E-state index contributed by atoms with van der Waals surface area (Å²) in [6.45, 7) is 5.28. The number of rotatable bonds is 3. The molecule has 0 saturated heterocycles. The number of pyridine rings is 1. The maximum Gasteiger partial charge on any atom is 0.359 e. The van der Waals surface area contributed by atoms with Crippen LogP contribution in [0.3, 0.4) is 0 Å². The lowest BCUT2D eigenvalue weighted by atomic mass is 10.2. The minimum absolute atomic E-state index is 0.0889. The molecule has 130 valence electrons. The van der Waals surface area contributed by atoms with Crippen molar-refractivity contribution < 1.29 is 14.3 Å². The average molecular weight is 406 g/mol. The Bertz CT molecular complexity index is 954. The molecule has 0 aliphatic carbocycles. The van der Waals surface area contributed by atoms with Crippen LogP contribution in [0.2, 0.25) is 0 Å². The molecule has 2 N–H and O–H groups in total. The van der Waals surface area contributed by atoms with Gasteiger partial charge in [0.15, 0.2) is 11.3 Å². The SMILES string of the molecule is CC(C)(C)OC(=O)c1[nH]ncc1NC(=O)c1cc(Br)c2nccn2c1. The van der Waals surface area contributed by atoms with Crippen LogP contribution in [-0.4, -0.2) is 37.1 Å². The first-order valence-electron chi connectivity index (χ1n) is 7.45. The highest BCUT2D eigenvalue weighted by atomic mass is 79.9. The molecule has 3 rings (SSSR count). The molecule has 0 aliphatic rings. The largest absolute Gasteiger partial charge is 0.455 e. The number of aromatic amines is 1. The fourth-order valence-corrected chi connectivity index (χ4v) is 2.73. The highest BCUT2D eigenvalue weighted by Gasteiger charge is 2.23. The van der Waals surface area contributed by atoms with E-state index in [0.29, 0.717) is 15.7 Å². The molecule has 0 spiro atoms. The van der Waals surface area contributed by atoms with Crippen molar-refractivity contribution in [2.45, 2.75) is 26.4 Å². The van der Waals surface area contributed by atoms with E-state index in [1.54, 1.807) is 49.8 Å². The number of esters is 1. The second kappa shape index (κ2) is 6.32. The van der Waals surface area contributed by atoms with Gasteiger partial charge in [0.2, 0.25) is 0 Å². The van der Waals surface area contributed by atoms with Gasteiger partial charge in [0.25, 0.3) is 5.91 Å². The van der Waals surface area contributed by atoms with Crippen LogP contribution in [0.25, 0.3) is 5.65 Å². The molecule has 25 heavy (non-hydrogen) atoms. The summed E-state index contributed by atoms with van der Waals surface area (Å²) >= 11 is 3.39. The lowest BCUT2D eigenvalue weighted by molar-refractivity contribution is 0.00641. The summed E-state index contributed by atoms with van der Waals surface area (Å²) in [4.78, 5) is 28.9. The van der Waals surface area contributed by atoms with Crippen LogP contribution in [0.5, 0.6) is 0 Å². The molecule has 0 aromatic carbocycles. The van der Waals surface area contributed by atoms with Crippen LogP contribution >= 0.6 is 15.9 Å². The third-order valence-electron chi connectivity index (χ3n) is 3.20. The molecular weight excluding hydrogens is 390 g/mol. The first-order chi connectivity index (χ1) is 11.7. The van der Waals surface area contributed by atoms with Gasteiger partial charge in [0, 0.05) is 18.6 Å². The Morgan fingerprint density at radius 2 is 2.12 bits per heavy atom. The Hall–Kier alpha value is -2.68. The smallest absolute Gasteiger partial charge is 0.359 e. The quantitative estimate of drug-likeness (QED) is 0.652. The molecule has 3 aromatic heterocycles. The van der Waals surface area contributed by atoms with Crippen LogP contribution in [0.4, 0.5) is 5.69 Å². The number of anilines is 1. The number of amides is 1. The van der Waals surface area contributed by atoms with E-state index >= 15 is 0 Å². The Kier molecular flexibility index (Phi) is 4.34. The zero-order valence-electron chi connectivity index (χ0n) is 13.8. The van der Waals surface area contributed by atoms with Crippen molar-refractivity contribution in [1.82, 2.24) is 19.6 Å². The van der Waals surface area contributed by atoms with Crippen molar-refractivity contribution >= 4 is 39.1 Å². The molecule has 0 saturated carbocycles. The zero-order chi connectivity index (χ0) is 18.2. The van der Waals surface area contributed by atoms with Crippen molar-refractivity contribution in [3.8, 4) is 0 Å². The van der Waals surface area contributed by atoms with E-state index in [-0.39, 0.29) is 17.3 Å². The van der Waals surface area contributed by atoms with Crippen molar-refractivity contribution in [3.63, 3.8) is 0 Å². The van der Waals surface area contributed by atoms with Gasteiger partial charge in [-0.2, -0.15) is 5.10 Å². The molecule has 0 bridgehead atoms. The van der Waals surface area contributed by atoms with Crippen molar-refractivity contribution in [1.29, 1.82) is 0 Å². The monoisotopic (exact) mass is 405 g/mol. The minimum Gasteiger partial charge on any atom is -0.455 e. The number of imidazole rings is 1. The highest BCUT2D eigenvalue weighted by Crippen LogP contribution is 2.21. The fraction of sp³-hybridized carbons (Fsp3) is 0.250. The van der Waals surface area contributed by atoms with Gasteiger partial charge < -0.3 is 14.5 Å². The summed E-state index contributed by atoms with van der Waals surface area (Å²) in [7, 11) is 0. The number of nitrogens with one attached hydrogen (secondary N) is 2. The van der Waals surface area contributed by atoms with E-state index in [0.717, 1.165) is 0 Å². The zero-order valence-corrected chi connectivity index (χ0v) is 15.4. The number of hydrogen-bond acceptors (Lipinski definition) is 5. The lowest BCUT2D eigenvalue weighted by Gasteiger charge is -2.19. The van der Waals surface area contributed by atoms with Crippen LogP contribution in [0.1, 0.15) is 41.6 Å². The first kappa shape index (κ1) is 17.2. The maximum absolute atomic E-state index is 12.5. The Morgan fingerprint density at radius 1 is 1.36 bits per heavy atom. The Balaban J connectivity index is 1.84. The van der Waals surface area contributed by atoms with E-state index in [1.165, 1.54) is 6.20 Å². The van der Waals surface area contributed by atoms with Crippen LogP contribution in [0.15, 0.2) is 35.3 Å². The van der Waals surface area contributed by atoms with E-state index < -0.39 is 11.6 Å². The van der Waals surface area contributed by atoms with Crippen molar-refractivity contribution in [2.75, 3.05) is 5.32 Å². The number of carbonyl (C=O) groups excluding carboxylic acids is 2. The predicted molar refractivity (Wildman–Crippen MR) is 94.6 cm³/mol. The topological polar surface area (TPSA) is 101 Å². The Labute approximate surface area is 151 Å². The summed E-state index contributed by atoms with van der Waals surface area (Å²) in [6.07, 6.45) is 6.39. The normalized spacial score (nSPS) is 11.5. The number of fused-ring (bicyclic) bond motifs is 1. The number of ether oxygens (including phenoxy) is 1. The second-order valence-electron chi connectivity index (χ2n) is 6.35.